The maximum Gasteiger partial charge on any atom is 0.129 e. The van der Waals surface area contributed by atoms with Crippen molar-refractivity contribution in [1.82, 2.24) is 4.90 Å². The molecule has 0 aromatic rings. The van der Waals surface area contributed by atoms with E-state index in [1.54, 1.807) is 12.2 Å². The molecule has 0 spiro atoms. The third-order valence-electron chi connectivity index (χ3n) is 4.71. The summed E-state index contributed by atoms with van der Waals surface area (Å²) in [5, 5.41) is 17.3. The fraction of sp³-hybridized carbons (Fsp3) is 0.739. The Balaban J connectivity index is 3.36. The SMILES string of the molecule is CCCCCCCCCCCCCCCCN(C)C=CC=C(C#N)C#N. The van der Waals surface area contributed by atoms with Crippen molar-refractivity contribution in [3.63, 3.8) is 0 Å². The summed E-state index contributed by atoms with van der Waals surface area (Å²) < 4.78 is 0. The topological polar surface area (TPSA) is 50.8 Å². The standard InChI is InChI=1S/C23H39N3/c1-3-4-5-6-7-8-9-10-11-12-13-14-15-16-19-26(2)20-17-18-23(21-24)22-25/h17-18,20H,3-16,19H2,1-2H3. The Labute approximate surface area is 162 Å². The van der Waals surface area contributed by atoms with Gasteiger partial charge >= 0.3 is 0 Å². The molecule has 0 aliphatic rings. The molecule has 0 aliphatic carbocycles. The summed E-state index contributed by atoms with van der Waals surface area (Å²) in [4.78, 5) is 2.11. The number of nitriles is 2. The molecule has 0 saturated heterocycles. The summed E-state index contributed by atoms with van der Waals surface area (Å²) in [7, 11) is 2.03. The minimum atomic E-state index is 0.145. The summed E-state index contributed by atoms with van der Waals surface area (Å²) in [6.45, 7) is 3.30. The van der Waals surface area contributed by atoms with E-state index in [1.165, 1.54) is 89.9 Å². The lowest BCUT2D eigenvalue weighted by Gasteiger charge is -2.13. The third-order valence-corrected chi connectivity index (χ3v) is 4.71. The van der Waals surface area contributed by atoms with Crippen molar-refractivity contribution in [1.29, 1.82) is 10.5 Å². The molecule has 0 aromatic carbocycles. The first-order valence-electron chi connectivity index (χ1n) is 10.6. The molecule has 0 atom stereocenters. The summed E-state index contributed by atoms with van der Waals surface area (Å²) in [5.74, 6) is 0. The van der Waals surface area contributed by atoms with Crippen LogP contribution in [0.5, 0.6) is 0 Å². The Morgan fingerprint density at radius 2 is 1.15 bits per heavy atom. The van der Waals surface area contributed by atoms with Gasteiger partial charge < -0.3 is 4.90 Å². The fourth-order valence-electron chi connectivity index (χ4n) is 3.02. The molecule has 0 amide bonds. The number of hydrogen-bond donors (Lipinski definition) is 0. The molecule has 0 heterocycles. The molecular formula is C23H39N3. The van der Waals surface area contributed by atoms with Crippen LogP contribution in [0.4, 0.5) is 0 Å². The first-order chi connectivity index (χ1) is 12.7. The Kier molecular flexibility index (Phi) is 18.3. The monoisotopic (exact) mass is 357 g/mol. The number of unbranched alkanes of at least 4 members (excludes halogenated alkanes) is 13. The van der Waals surface area contributed by atoms with E-state index in [2.05, 4.69) is 11.8 Å². The molecule has 3 nitrogen and oxygen atoms in total. The van der Waals surface area contributed by atoms with Crippen LogP contribution in [-0.4, -0.2) is 18.5 Å². The van der Waals surface area contributed by atoms with Gasteiger partial charge in [0.1, 0.15) is 17.7 Å². The normalized spacial score (nSPS) is 10.5. The molecule has 0 N–H and O–H groups in total. The summed E-state index contributed by atoms with van der Waals surface area (Å²) in [6.07, 6.45) is 24.6. The van der Waals surface area contributed by atoms with Crippen LogP contribution >= 0.6 is 0 Å². The summed E-state index contributed by atoms with van der Waals surface area (Å²) in [5.41, 5.74) is 0.145. The van der Waals surface area contributed by atoms with Crippen molar-refractivity contribution in [3.8, 4) is 12.1 Å². The zero-order chi connectivity index (χ0) is 19.3. The van der Waals surface area contributed by atoms with Gasteiger partial charge in [-0.3, -0.25) is 0 Å². The van der Waals surface area contributed by atoms with Gasteiger partial charge in [0, 0.05) is 13.6 Å². The minimum Gasteiger partial charge on any atom is -0.380 e. The second-order valence-corrected chi connectivity index (χ2v) is 7.22. The fourth-order valence-corrected chi connectivity index (χ4v) is 3.02. The largest absolute Gasteiger partial charge is 0.380 e. The van der Waals surface area contributed by atoms with Gasteiger partial charge in [0.2, 0.25) is 0 Å². The van der Waals surface area contributed by atoms with Gasteiger partial charge in [-0.05, 0) is 24.8 Å². The number of hydrogen-bond acceptors (Lipinski definition) is 3. The average Bonchev–Trinajstić information content (AvgIpc) is 2.65. The first kappa shape index (κ1) is 24.3. The van der Waals surface area contributed by atoms with E-state index < -0.39 is 0 Å². The predicted octanol–water partition coefficient (Wildman–Crippen LogP) is 6.89. The minimum absolute atomic E-state index is 0.145. The maximum absolute atomic E-state index is 8.65. The molecule has 0 bridgehead atoms. The van der Waals surface area contributed by atoms with Crippen molar-refractivity contribution < 1.29 is 0 Å². The van der Waals surface area contributed by atoms with Crippen LogP contribution in [0.2, 0.25) is 0 Å². The molecule has 0 saturated carbocycles. The smallest absolute Gasteiger partial charge is 0.129 e. The van der Waals surface area contributed by atoms with Crippen LogP contribution in [0.3, 0.4) is 0 Å². The molecule has 0 unspecified atom stereocenters. The van der Waals surface area contributed by atoms with Gasteiger partial charge in [-0.2, -0.15) is 10.5 Å². The summed E-state index contributed by atoms with van der Waals surface area (Å²) in [6, 6.07) is 3.71. The lowest BCUT2D eigenvalue weighted by Crippen LogP contribution is -2.11. The van der Waals surface area contributed by atoms with Crippen LogP contribution in [0.1, 0.15) is 96.8 Å². The van der Waals surface area contributed by atoms with Gasteiger partial charge in [0.15, 0.2) is 0 Å². The first-order valence-corrected chi connectivity index (χ1v) is 10.6. The van der Waals surface area contributed by atoms with Crippen molar-refractivity contribution >= 4 is 0 Å². The molecule has 0 rings (SSSR count). The molecular weight excluding hydrogens is 318 g/mol. The zero-order valence-electron chi connectivity index (χ0n) is 17.2. The number of rotatable bonds is 17. The van der Waals surface area contributed by atoms with Gasteiger partial charge in [-0.25, -0.2) is 0 Å². The Bertz CT molecular complexity index is 435. The van der Waals surface area contributed by atoms with Crippen molar-refractivity contribution in [2.24, 2.45) is 0 Å². The molecule has 0 fully saturated rings. The van der Waals surface area contributed by atoms with Gasteiger partial charge in [-0.15, -0.1) is 0 Å². The van der Waals surface area contributed by atoms with E-state index in [-0.39, 0.29) is 5.57 Å². The van der Waals surface area contributed by atoms with Crippen LogP contribution in [-0.2, 0) is 0 Å². The Morgan fingerprint density at radius 1 is 0.731 bits per heavy atom. The number of nitrogens with zero attached hydrogens (tertiary/aromatic N) is 3. The molecule has 3 heteroatoms. The second kappa shape index (κ2) is 19.6. The van der Waals surface area contributed by atoms with E-state index in [0.717, 1.165) is 6.54 Å². The van der Waals surface area contributed by atoms with Crippen LogP contribution in [0, 0.1) is 22.7 Å². The molecule has 0 aromatic heterocycles. The van der Waals surface area contributed by atoms with E-state index >= 15 is 0 Å². The van der Waals surface area contributed by atoms with Crippen molar-refractivity contribution in [3.05, 3.63) is 23.9 Å². The van der Waals surface area contributed by atoms with Crippen LogP contribution in [0.15, 0.2) is 23.9 Å². The lowest BCUT2D eigenvalue weighted by molar-refractivity contribution is 0.428. The quantitative estimate of drug-likeness (QED) is 0.162. The van der Waals surface area contributed by atoms with Crippen LogP contribution in [0.25, 0.3) is 0 Å². The van der Waals surface area contributed by atoms with E-state index in [4.69, 9.17) is 10.5 Å². The van der Waals surface area contributed by atoms with Crippen LogP contribution < -0.4 is 0 Å². The highest BCUT2D eigenvalue weighted by molar-refractivity contribution is 5.37. The molecule has 0 aliphatic heterocycles. The lowest BCUT2D eigenvalue weighted by atomic mass is 10.0. The highest BCUT2D eigenvalue weighted by Crippen LogP contribution is 2.13. The van der Waals surface area contributed by atoms with Crippen molar-refractivity contribution in [2.45, 2.75) is 96.8 Å². The van der Waals surface area contributed by atoms with Crippen molar-refractivity contribution in [2.75, 3.05) is 13.6 Å². The molecule has 146 valence electrons. The highest BCUT2D eigenvalue weighted by atomic mass is 15.1. The second-order valence-electron chi connectivity index (χ2n) is 7.22. The van der Waals surface area contributed by atoms with Gasteiger partial charge in [0.05, 0.1) is 0 Å². The third kappa shape index (κ3) is 17.1. The molecule has 0 radical (unpaired) electrons. The Hall–Kier alpha value is -1.74. The van der Waals surface area contributed by atoms with E-state index in [9.17, 15) is 0 Å². The highest BCUT2D eigenvalue weighted by Gasteiger charge is 1.95. The predicted molar refractivity (Wildman–Crippen MR) is 111 cm³/mol. The summed E-state index contributed by atoms with van der Waals surface area (Å²) >= 11 is 0. The Morgan fingerprint density at radius 3 is 1.58 bits per heavy atom. The average molecular weight is 358 g/mol. The van der Waals surface area contributed by atoms with E-state index in [1.807, 2.05) is 25.4 Å². The zero-order valence-corrected chi connectivity index (χ0v) is 17.2. The van der Waals surface area contributed by atoms with Gasteiger partial charge in [-0.1, -0.05) is 90.4 Å². The van der Waals surface area contributed by atoms with Gasteiger partial charge in [0.25, 0.3) is 0 Å². The number of allylic oxidation sites excluding steroid dienone is 3. The molecule has 26 heavy (non-hydrogen) atoms. The van der Waals surface area contributed by atoms with E-state index in [0.29, 0.717) is 0 Å². The maximum atomic E-state index is 8.65.